The molecule has 3 aliphatic rings. The smallest absolute Gasteiger partial charge is 0.408 e. The highest BCUT2D eigenvalue weighted by atomic mass is 16.6. The lowest BCUT2D eigenvalue weighted by molar-refractivity contribution is -0.136. The number of carbonyl (C=O) groups is 5. The van der Waals surface area contributed by atoms with Crippen molar-refractivity contribution in [1.82, 2.24) is 20.4 Å². The minimum Gasteiger partial charge on any atom is -0.444 e. The molecule has 0 bridgehead atoms. The van der Waals surface area contributed by atoms with Gasteiger partial charge in [-0.15, -0.1) is 0 Å². The van der Waals surface area contributed by atoms with E-state index in [1.54, 1.807) is 18.2 Å². The molecule has 3 N–H and O–H groups in total. The number of amides is 5. The third-order valence-electron chi connectivity index (χ3n) is 6.85. The average molecular weight is 544 g/mol. The Morgan fingerprint density at radius 2 is 1.87 bits per heavy atom. The van der Waals surface area contributed by atoms with Crippen LogP contribution in [0.15, 0.2) is 18.2 Å². The highest BCUT2D eigenvalue weighted by molar-refractivity contribution is 6.25. The normalized spacial score (nSPS) is 22.0. The first-order chi connectivity index (χ1) is 18.5. The van der Waals surface area contributed by atoms with Gasteiger partial charge in [-0.1, -0.05) is 6.07 Å². The van der Waals surface area contributed by atoms with Crippen LogP contribution in [0.4, 0.5) is 10.5 Å². The second-order valence-electron chi connectivity index (χ2n) is 10.9. The van der Waals surface area contributed by atoms with Crippen molar-refractivity contribution < 1.29 is 33.4 Å². The highest BCUT2D eigenvalue weighted by Crippen LogP contribution is 2.32. The topological polar surface area (TPSA) is 146 Å². The zero-order valence-corrected chi connectivity index (χ0v) is 22.7. The lowest BCUT2D eigenvalue weighted by Gasteiger charge is -2.36. The molecule has 2 unspecified atom stereocenters. The van der Waals surface area contributed by atoms with Crippen LogP contribution in [-0.4, -0.2) is 90.2 Å². The highest BCUT2D eigenvalue weighted by Gasteiger charge is 2.45. The minimum absolute atomic E-state index is 0.0709. The Kier molecular flexibility index (Phi) is 8.86. The number of fused-ring (bicyclic) bond motifs is 1. The molecule has 1 aromatic carbocycles. The first-order valence-corrected chi connectivity index (χ1v) is 13.4. The minimum atomic E-state index is -1.00. The first-order valence-electron chi connectivity index (χ1n) is 13.4. The van der Waals surface area contributed by atoms with E-state index in [1.165, 1.54) is 0 Å². The van der Waals surface area contributed by atoms with E-state index in [0.29, 0.717) is 32.0 Å². The van der Waals surface area contributed by atoms with Crippen LogP contribution in [0, 0.1) is 0 Å². The molecule has 0 spiro atoms. The van der Waals surface area contributed by atoms with Crippen LogP contribution in [0.3, 0.4) is 0 Å². The zero-order chi connectivity index (χ0) is 28.2. The summed E-state index contributed by atoms with van der Waals surface area (Å²) in [6.07, 6.45) is 2.59. The number of imide groups is 2. The number of rotatable bonds is 9. The molecule has 0 radical (unpaired) electrons. The molecule has 0 aromatic heterocycles. The summed E-state index contributed by atoms with van der Waals surface area (Å²) < 4.78 is 11.2. The number of carbonyl (C=O) groups excluding carboxylic acids is 5. The molecule has 4 rings (SSSR count). The number of nitrogens with one attached hydrogen (secondary N) is 3. The monoisotopic (exact) mass is 543 g/mol. The molecule has 2 atom stereocenters. The van der Waals surface area contributed by atoms with Crippen LogP contribution in [0.2, 0.25) is 0 Å². The average Bonchev–Trinajstić information content (AvgIpc) is 3.11. The van der Waals surface area contributed by atoms with Gasteiger partial charge in [0.05, 0.1) is 30.5 Å². The number of nitrogens with zero attached hydrogens (tertiary/aromatic N) is 2. The van der Waals surface area contributed by atoms with Gasteiger partial charge in [0.25, 0.3) is 11.8 Å². The van der Waals surface area contributed by atoms with Gasteiger partial charge in [0.1, 0.15) is 11.6 Å². The summed E-state index contributed by atoms with van der Waals surface area (Å²) in [5, 5.41) is 8.32. The van der Waals surface area contributed by atoms with Gasteiger partial charge in [-0.2, -0.15) is 0 Å². The fourth-order valence-corrected chi connectivity index (χ4v) is 5.07. The lowest BCUT2D eigenvalue weighted by atomic mass is 10.0. The van der Waals surface area contributed by atoms with Gasteiger partial charge in [-0.05, 0) is 58.6 Å². The van der Waals surface area contributed by atoms with Crippen LogP contribution >= 0.6 is 0 Å². The van der Waals surface area contributed by atoms with Gasteiger partial charge < -0.3 is 20.1 Å². The van der Waals surface area contributed by atoms with Crippen molar-refractivity contribution in [2.45, 2.75) is 70.7 Å². The van der Waals surface area contributed by atoms with Crippen molar-refractivity contribution >= 4 is 35.4 Å². The Bertz CT molecular complexity index is 1130. The molecule has 3 aliphatic heterocycles. The standard InChI is InChI=1S/C27H37N5O7/c1-27(2,3)39-26(37)29-20-9-4-5-13-31(20)14-16-38-15-12-28-18-8-6-7-17-22(18)25(36)32(24(17)35)19-10-11-21(33)30-23(19)34/h6-8,19-20,28H,4-5,9-16H2,1-3H3,(H,29,37)(H,30,33,34). The fourth-order valence-electron chi connectivity index (χ4n) is 5.07. The van der Waals surface area contributed by atoms with E-state index in [-0.39, 0.29) is 30.1 Å². The number of piperidine rings is 2. The number of likely N-dealkylation sites (tertiary alicyclic amines) is 1. The van der Waals surface area contributed by atoms with Crippen LogP contribution in [0.5, 0.6) is 0 Å². The molecule has 2 saturated heterocycles. The predicted octanol–water partition coefficient (Wildman–Crippen LogP) is 1.85. The molecular weight excluding hydrogens is 506 g/mol. The van der Waals surface area contributed by atoms with E-state index in [9.17, 15) is 24.0 Å². The van der Waals surface area contributed by atoms with Gasteiger partial charge >= 0.3 is 6.09 Å². The summed E-state index contributed by atoms with van der Waals surface area (Å²) >= 11 is 0. The van der Waals surface area contributed by atoms with Gasteiger partial charge in [0.2, 0.25) is 11.8 Å². The number of benzene rings is 1. The molecule has 0 saturated carbocycles. The summed E-state index contributed by atoms with van der Waals surface area (Å²) in [7, 11) is 0. The molecule has 0 aliphatic carbocycles. The number of hydrogen-bond donors (Lipinski definition) is 3. The summed E-state index contributed by atoms with van der Waals surface area (Å²) in [6, 6.07) is 3.94. The maximum absolute atomic E-state index is 13.2. The number of ether oxygens (including phenoxy) is 2. The summed E-state index contributed by atoms with van der Waals surface area (Å²) in [6.45, 7) is 8.22. The van der Waals surface area contributed by atoms with Crippen molar-refractivity contribution in [2.24, 2.45) is 0 Å². The third kappa shape index (κ3) is 6.93. The Balaban J connectivity index is 1.25. The molecule has 2 fully saturated rings. The van der Waals surface area contributed by atoms with Gasteiger partial charge in [0.15, 0.2) is 0 Å². The van der Waals surface area contributed by atoms with E-state index in [1.807, 2.05) is 20.8 Å². The van der Waals surface area contributed by atoms with Crippen LogP contribution in [0.25, 0.3) is 0 Å². The van der Waals surface area contributed by atoms with E-state index < -0.39 is 41.4 Å². The molecule has 212 valence electrons. The fraction of sp³-hybridized carbons (Fsp3) is 0.593. The maximum Gasteiger partial charge on any atom is 0.408 e. The van der Waals surface area contributed by atoms with Gasteiger partial charge in [-0.25, -0.2) is 4.79 Å². The van der Waals surface area contributed by atoms with Crippen molar-refractivity contribution in [3.63, 3.8) is 0 Å². The molecule has 39 heavy (non-hydrogen) atoms. The maximum atomic E-state index is 13.2. The number of alkyl carbamates (subject to hydrolysis) is 1. The molecule has 1 aromatic rings. The molecular formula is C27H37N5O7. The van der Waals surface area contributed by atoms with Crippen molar-refractivity contribution in [3.05, 3.63) is 29.3 Å². The zero-order valence-electron chi connectivity index (χ0n) is 22.7. The van der Waals surface area contributed by atoms with Gasteiger partial charge in [0, 0.05) is 31.7 Å². The number of hydrogen-bond acceptors (Lipinski definition) is 9. The first kappa shape index (κ1) is 28.5. The Hall–Kier alpha value is -3.51. The molecule has 12 heteroatoms. The third-order valence-corrected chi connectivity index (χ3v) is 6.85. The number of anilines is 1. The second-order valence-corrected chi connectivity index (χ2v) is 10.9. The van der Waals surface area contributed by atoms with Crippen LogP contribution in [0.1, 0.15) is 73.6 Å². The molecule has 12 nitrogen and oxygen atoms in total. The van der Waals surface area contributed by atoms with Crippen molar-refractivity contribution in [3.8, 4) is 0 Å². The van der Waals surface area contributed by atoms with E-state index in [0.717, 1.165) is 30.7 Å². The van der Waals surface area contributed by atoms with Crippen molar-refractivity contribution in [2.75, 3.05) is 38.2 Å². The summed E-state index contributed by atoms with van der Waals surface area (Å²) in [5.41, 5.74) is 0.377. The van der Waals surface area contributed by atoms with Crippen molar-refractivity contribution in [1.29, 1.82) is 0 Å². The molecule has 3 heterocycles. The molecule has 5 amide bonds. The Labute approximate surface area is 227 Å². The summed E-state index contributed by atoms with van der Waals surface area (Å²) in [5.74, 6) is -2.14. The largest absolute Gasteiger partial charge is 0.444 e. The second kappa shape index (κ2) is 12.1. The predicted molar refractivity (Wildman–Crippen MR) is 141 cm³/mol. The Morgan fingerprint density at radius 3 is 2.62 bits per heavy atom. The summed E-state index contributed by atoms with van der Waals surface area (Å²) in [4.78, 5) is 65.3. The Morgan fingerprint density at radius 1 is 1.08 bits per heavy atom. The van der Waals surface area contributed by atoms with Crippen LogP contribution in [-0.2, 0) is 19.1 Å². The van der Waals surface area contributed by atoms with E-state index in [2.05, 4.69) is 20.9 Å². The SMILES string of the molecule is CC(C)(C)OC(=O)NC1CCCCN1CCOCCNc1cccc2c1C(=O)N(C1CCC(=O)NC1=O)C2=O. The quantitative estimate of drug-likeness (QED) is 0.314. The van der Waals surface area contributed by atoms with Crippen LogP contribution < -0.4 is 16.0 Å². The van der Waals surface area contributed by atoms with E-state index in [4.69, 9.17) is 9.47 Å². The van der Waals surface area contributed by atoms with E-state index >= 15 is 0 Å². The van der Waals surface area contributed by atoms with Gasteiger partial charge in [-0.3, -0.25) is 34.3 Å². The lowest BCUT2D eigenvalue weighted by Crippen LogP contribution is -2.54.